The maximum atomic E-state index is 13.2. The Labute approximate surface area is 232 Å². The Bertz CT molecular complexity index is 1140. The molecule has 2 saturated carbocycles. The molecule has 0 saturated heterocycles. The fraction of sp³-hybridized carbons (Fsp3) is 0.645. The highest BCUT2D eigenvalue weighted by molar-refractivity contribution is 6.33. The third-order valence-corrected chi connectivity index (χ3v) is 7.86. The first-order valence-corrected chi connectivity index (χ1v) is 14.6. The summed E-state index contributed by atoms with van der Waals surface area (Å²) in [6, 6.07) is 5.66. The Morgan fingerprint density at radius 2 is 1.87 bits per heavy atom. The van der Waals surface area contributed by atoms with Crippen molar-refractivity contribution in [3.05, 3.63) is 45.8 Å². The molecule has 0 radical (unpaired) electrons. The number of nitrogens with one attached hydrogen (secondary N) is 1. The fourth-order valence-electron chi connectivity index (χ4n) is 5.66. The minimum absolute atomic E-state index is 0.0690. The minimum Gasteiger partial charge on any atom is -0.460 e. The number of aromatic nitrogens is 1. The third kappa shape index (κ3) is 7.40. The van der Waals surface area contributed by atoms with Gasteiger partial charge in [-0.2, -0.15) is 0 Å². The van der Waals surface area contributed by atoms with Gasteiger partial charge in [0.1, 0.15) is 11.4 Å². The van der Waals surface area contributed by atoms with Crippen LogP contribution in [-0.2, 0) is 20.7 Å². The van der Waals surface area contributed by atoms with E-state index in [0.29, 0.717) is 28.5 Å². The molecule has 1 amide bonds. The molecule has 6 nitrogen and oxygen atoms in total. The van der Waals surface area contributed by atoms with E-state index in [1.54, 1.807) is 0 Å². The van der Waals surface area contributed by atoms with E-state index in [9.17, 15) is 9.59 Å². The quantitative estimate of drug-likeness (QED) is 0.290. The molecule has 1 heterocycles. The van der Waals surface area contributed by atoms with Gasteiger partial charge in [-0.25, -0.2) is 0 Å². The fourth-order valence-corrected chi connectivity index (χ4v) is 5.91. The van der Waals surface area contributed by atoms with Gasteiger partial charge >= 0.3 is 5.97 Å². The Kier molecular flexibility index (Phi) is 8.91. The maximum absolute atomic E-state index is 13.2. The van der Waals surface area contributed by atoms with Gasteiger partial charge in [0, 0.05) is 23.8 Å². The average molecular weight is 543 g/mol. The van der Waals surface area contributed by atoms with Crippen LogP contribution in [0.2, 0.25) is 5.02 Å². The van der Waals surface area contributed by atoms with Crippen molar-refractivity contribution in [1.82, 2.24) is 5.16 Å². The van der Waals surface area contributed by atoms with E-state index < -0.39 is 11.5 Å². The highest BCUT2D eigenvalue weighted by atomic mass is 35.5. The molecule has 2 aliphatic carbocycles. The molecule has 2 aliphatic rings. The van der Waals surface area contributed by atoms with Crippen molar-refractivity contribution >= 4 is 29.2 Å². The summed E-state index contributed by atoms with van der Waals surface area (Å²) in [6.45, 7) is 12.1. The monoisotopic (exact) mass is 542 g/mol. The van der Waals surface area contributed by atoms with Gasteiger partial charge in [-0.15, -0.1) is 0 Å². The van der Waals surface area contributed by atoms with Crippen LogP contribution in [0, 0.1) is 11.8 Å². The first kappa shape index (κ1) is 28.7. The second kappa shape index (κ2) is 11.8. The molecule has 4 rings (SSSR count). The van der Waals surface area contributed by atoms with Gasteiger partial charge in [0.15, 0.2) is 0 Å². The zero-order valence-corrected chi connectivity index (χ0v) is 24.5. The summed E-state index contributed by atoms with van der Waals surface area (Å²) in [7, 11) is 0. The van der Waals surface area contributed by atoms with E-state index in [1.807, 2.05) is 39.0 Å². The van der Waals surface area contributed by atoms with Gasteiger partial charge in [-0.1, -0.05) is 43.6 Å². The largest absolute Gasteiger partial charge is 0.460 e. The lowest BCUT2D eigenvalue weighted by molar-refractivity contribution is -0.155. The van der Waals surface area contributed by atoms with Crippen LogP contribution in [0.1, 0.15) is 127 Å². The van der Waals surface area contributed by atoms with E-state index in [0.717, 1.165) is 60.6 Å². The van der Waals surface area contributed by atoms with Crippen molar-refractivity contribution in [2.45, 2.75) is 116 Å². The van der Waals surface area contributed by atoms with Gasteiger partial charge in [-0.05, 0) is 94.7 Å². The van der Waals surface area contributed by atoms with Gasteiger partial charge in [-0.3, -0.25) is 9.59 Å². The highest BCUT2D eigenvalue weighted by Crippen LogP contribution is 2.52. The van der Waals surface area contributed by atoms with Gasteiger partial charge in [0.25, 0.3) is 0 Å². The van der Waals surface area contributed by atoms with Crippen molar-refractivity contribution in [2.75, 3.05) is 5.32 Å². The number of nitrogens with zero attached hydrogens (tertiary/aromatic N) is 1. The molecule has 2 aromatic rings. The molecular formula is C31H43ClN2O4. The third-order valence-electron chi connectivity index (χ3n) is 7.55. The molecule has 0 aliphatic heterocycles. The Morgan fingerprint density at radius 1 is 1.16 bits per heavy atom. The number of benzene rings is 1. The highest BCUT2D eigenvalue weighted by Gasteiger charge is 2.42. The van der Waals surface area contributed by atoms with Gasteiger partial charge in [0.2, 0.25) is 5.91 Å². The van der Waals surface area contributed by atoms with Crippen LogP contribution < -0.4 is 5.32 Å². The van der Waals surface area contributed by atoms with E-state index >= 15 is 0 Å². The number of hydrogen-bond donors (Lipinski definition) is 1. The summed E-state index contributed by atoms with van der Waals surface area (Å²) < 4.78 is 11.6. The lowest BCUT2D eigenvalue weighted by Gasteiger charge is -2.35. The SMILES string of the molecule is CCc1ccc(NC(=O)CC(CC(=O)OC(C)(C)C)c2noc(C3CC(CC(C)C)C3)c2C2CC2)c(Cl)c1. The smallest absolute Gasteiger partial charge is 0.307 e. The molecule has 1 N–H and O–H groups in total. The molecule has 0 bridgehead atoms. The average Bonchev–Trinajstić information content (AvgIpc) is 3.53. The summed E-state index contributed by atoms with van der Waals surface area (Å²) in [5.74, 6) is 2.20. The number of esters is 1. The Balaban J connectivity index is 1.55. The molecular weight excluding hydrogens is 500 g/mol. The molecule has 38 heavy (non-hydrogen) atoms. The first-order valence-electron chi connectivity index (χ1n) is 14.2. The number of amides is 1. The second-order valence-electron chi connectivity index (χ2n) is 12.7. The maximum Gasteiger partial charge on any atom is 0.307 e. The summed E-state index contributed by atoms with van der Waals surface area (Å²) >= 11 is 6.43. The number of carbonyl (C=O) groups is 2. The van der Waals surface area contributed by atoms with Gasteiger partial charge < -0.3 is 14.6 Å². The van der Waals surface area contributed by atoms with Crippen molar-refractivity contribution in [3.63, 3.8) is 0 Å². The Morgan fingerprint density at radius 3 is 2.45 bits per heavy atom. The molecule has 1 unspecified atom stereocenters. The zero-order chi connectivity index (χ0) is 27.6. The Hall–Kier alpha value is -2.34. The molecule has 1 aromatic carbocycles. The molecule has 7 heteroatoms. The van der Waals surface area contributed by atoms with Gasteiger partial charge in [0.05, 0.1) is 22.8 Å². The van der Waals surface area contributed by atoms with Crippen molar-refractivity contribution in [1.29, 1.82) is 0 Å². The summed E-state index contributed by atoms with van der Waals surface area (Å²) in [6.07, 6.45) is 6.69. The minimum atomic E-state index is -0.607. The predicted molar refractivity (Wildman–Crippen MR) is 151 cm³/mol. The van der Waals surface area contributed by atoms with E-state index in [2.05, 4.69) is 31.2 Å². The standard InChI is InChI=1S/C31H43ClN2O4/c1-7-19-8-11-25(24(32)15-19)33-26(35)16-22(17-27(36)37-31(4,5)6)29-28(21-9-10-21)30(38-34-29)23-13-20(14-23)12-18(2)3/h8,11,15,18,20-23H,7,9-10,12-14,16-17H2,1-6H3,(H,33,35). The number of ether oxygens (including phenoxy) is 1. The molecule has 208 valence electrons. The van der Waals surface area contributed by atoms with Crippen LogP contribution in [0.15, 0.2) is 22.7 Å². The van der Waals surface area contributed by atoms with Crippen LogP contribution >= 0.6 is 11.6 Å². The molecule has 2 fully saturated rings. The molecule has 1 atom stereocenters. The van der Waals surface area contributed by atoms with Crippen LogP contribution in [0.3, 0.4) is 0 Å². The summed E-state index contributed by atoms with van der Waals surface area (Å²) in [4.78, 5) is 26.2. The van der Waals surface area contributed by atoms with E-state index in [-0.39, 0.29) is 24.7 Å². The molecule has 0 spiro atoms. The number of aryl methyl sites for hydroxylation is 1. The summed E-state index contributed by atoms with van der Waals surface area (Å²) in [5, 5.41) is 7.97. The van der Waals surface area contributed by atoms with Crippen LogP contribution in [0.4, 0.5) is 5.69 Å². The number of carbonyl (C=O) groups excluding carboxylic acids is 2. The number of hydrogen-bond acceptors (Lipinski definition) is 5. The van der Waals surface area contributed by atoms with E-state index in [4.69, 9.17) is 20.9 Å². The van der Waals surface area contributed by atoms with Crippen LogP contribution in [0.5, 0.6) is 0 Å². The lowest BCUT2D eigenvalue weighted by Crippen LogP contribution is -2.26. The van der Waals surface area contributed by atoms with Crippen LogP contribution in [0.25, 0.3) is 0 Å². The second-order valence-corrected chi connectivity index (χ2v) is 13.1. The number of halogens is 1. The van der Waals surface area contributed by atoms with Crippen molar-refractivity contribution < 1.29 is 18.8 Å². The topological polar surface area (TPSA) is 81.4 Å². The first-order chi connectivity index (χ1) is 17.9. The van der Waals surface area contributed by atoms with Crippen molar-refractivity contribution in [2.24, 2.45) is 11.8 Å². The number of anilines is 1. The number of rotatable bonds is 11. The van der Waals surface area contributed by atoms with E-state index in [1.165, 1.54) is 6.42 Å². The predicted octanol–water partition coefficient (Wildman–Crippen LogP) is 8.15. The van der Waals surface area contributed by atoms with Crippen molar-refractivity contribution in [3.8, 4) is 0 Å². The van der Waals surface area contributed by atoms with Crippen LogP contribution in [-0.4, -0.2) is 22.6 Å². The zero-order valence-electron chi connectivity index (χ0n) is 23.7. The molecule has 1 aromatic heterocycles. The lowest BCUT2D eigenvalue weighted by atomic mass is 9.69. The summed E-state index contributed by atoms with van der Waals surface area (Å²) in [5.41, 5.74) is 2.96. The normalized spacial score (nSPS) is 20.2.